The molecular formula is C23H19Cl2F6N3O3. The normalized spacial score (nSPS) is 17.7. The zero-order valence-corrected chi connectivity index (χ0v) is 20.5. The van der Waals surface area contributed by atoms with Crippen molar-refractivity contribution in [1.82, 2.24) is 10.6 Å². The maximum Gasteiger partial charge on any atom is 0.405 e. The van der Waals surface area contributed by atoms with Crippen molar-refractivity contribution >= 4 is 40.7 Å². The molecule has 2 N–H and O–H groups in total. The molecule has 0 radical (unpaired) electrons. The van der Waals surface area contributed by atoms with Crippen LogP contribution >= 0.6 is 23.2 Å². The first kappa shape index (κ1) is 28.6. The summed E-state index contributed by atoms with van der Waals surface area (Å²) in [5.74, 6) is -1.82. The third-order valence-corrected chi connectivity index (χ3v) is 5.81. The van der Waals surface area contributed by atoms with E-state index in [4.69, 9.17) is 28.0 Å². The van der Waals surface area contributed by atoms with Crippen molar-refractivity contribution in [2.45, 2.75) is 37.7 Å². The molecule has 0 saturated heterocycles. The van der Waals surface area contributed by atoms with Crippen LogP contribution in [-0.4, -0.2) is 43.0 Å². The minimum atomic E-state index is -4.63. The van der Waals surface area contributed by atoms with E-state index < -0.39 is 49.3 Å². The van der Waals surface area contributed by atoms with Crippen molar-refractivity contribution in [2.24, 2.45) is 5.16 Å². The highest BCUT2D eigenvalue weighted by Crippen LogP contribution is 2.45. The Balaban J connectivity index is 1.81. The number of hydrogen-bond donors (Lipinski definition) is 2. The maximum atomic E-state index is 13.5. The molecule has 2 aromatic rings. The lowest BCUT2D eigenvalue weighted by molar-refractivity contribution is -0.186. The van der Waals surface area contributed by atoms with Crippen LogP contribution in [0, 0.1) is 6.92 Å². The Bertz CT molecular complexity index is 1210. The topological polar surface area (TPSA) is 79.8 Å². The second kappa shape index (κ2) is 10.8. The van der Waals surface area contributed by atoms with Crippen LogP contribution in [0.2, 0.25) is 10.0 Å². The zero-order chi connectivity index (χ0) is 27.6. The third-order valence-electron chi connectivity index (χ3n) is 5.37. The summed E-state index contributed by atoms with van der Waals surface area (Å²) in [4.78, 5) is 29.5. The average Bonchev–Trinajstić information content (AvgIpc) is 3.19. The number of carbonyl (C=O) groups is 2. The molecule has 14 heteroatoms. The summed E-state index contributed by atoms with van der Waals surface area (Å²) >= 11 is 12.0. The zero-order valence-electron chi connectivity index (χ0n) is 19.0. The molecule has 0 spiro atoms. The lowest BCUT2D eigenvalue weighted by atomic mass is 9.84. The molecule has 0 unspecified atom stereocenters. The molecule has 1 aliphatic heterocycles. The van der Waals surface area contributed by atoms with Crippen molar-refractivity contribution in [1.29, 1.82) is 0 Å². The lowest BCUT2D eigenvalue weighted by Gasteiger charge is -2.28. The summed E-state index contributed by atoms with van der Waals surface area (Å²) in [6.07, 6.45) is -11.0. The highest BCUT2D eigenvalue weighted by Gasteiger charge is 2.50. The minimum absolute atomic E-state index is 0.0444. The van der Waals surface area contributed by atoms with Gasteiger partial charge in [-0.05, 0) is 36.8 Å². The number of amides is 2. The number of benzene rings is 2. The van der Waals surface area contributed by atoms with Gasteiger partial charge in [-0.2, -0.15) is 26.3 Å². The van der Waals surface area contributed by atoms with Gasteiger partial charge in [0.25, 0.3) is 5.91 Å². The number of aryl methyl sites for hydroxylation is 1. The molecule has 2 aromatic carbocycles. The predicted octanol–water partition coefficient (Wildman–Crippen LogP) is 5.68. The summed E-state index contributed by atoms with van der Waals surface area (Å²) in [5, 5.41) is 7.91. The quantitative estimate of drug-likeness (QED) is 0.421. The van der Waals surface area contributed by atoms with Gasteiger partial charge in [-0.15, -0.1) is 0 Å². The molecule has 6 nitrogen and oxygen atoms in total. The summed E-state index contributed by atoms with van der Waals surface area (Å²) in [6, 6.07) is 8.34. The Hall–Kier alpha value is -2.99. The molecule has 0 saturated carbocycles. The van der Waals surface area contributed by atoms with Gasteiger partial charge in [0, 0.05) is 33.2 Å². The van der Waals surface area contributed by atoms with Gasteiger partial charge in [0.1, 0.15) is 6.54 Å². The van der Waals surface area contributed by atoms with E-state index in [0.717, 1.165) is 0 Å². The number of hydrogen-bond acceptors (Lipinski definition) is 4. The molecule has 0 aliphatic carbocycles. The van der Waals surface area contributed by atoms with Crippen molar-refractivity contribution < 1.29 is 40.8 Å². The summed E-state index contributed by atoms with van der Waals surface area (Å²) < 4.78 is 77.2. The van der Waals surface area contributed by atoms with Crippen molar-refractivity contribution in [3.63, 3.8) is 0 Å². The standard InChI is InChI=1S/C23H19Cl2F6N3O3/c1-12-2-3-13(4-17(12)20(36)32-9-19(35)33-11-23(29,30)31)18-8-21(37-34-18,10-22(26,27)28)14-5-15(24)7-16(25)6-14/h2-7H,8-11H2,1H3,(H,32,36)(H,33,35)/t21-/m0/s1. The molecule has 37 heavy (non-hydrogen) atoms. The first-order valence-corrected chi connectivity index (χ1v) is 11.3. The van der Waals surface area contributed by atoms with E-state index >= 15 is 0 Å². The molecule has 0 aromatic heterocycles. The summed E-state index contributed by atoms with van der Waals surface area (Å²) in [7, 11) is 0. The first-order valence-electron chi connectivity index (χ1n) is 10.6. The molecule has 3 rings (SSSR count). The average molecular weight is 570 g/mol. The van der Waals surface area contributed by atoms with Gasteiger partial charge in [-0.3, -0.25) is 9.59 Å². The first-order chi connectivity index (χ1) is 17.1. The minimum Gasteiger partial charge on any atom is -0.383 e. The van der Waals surface area contributed by atoms with Crippen LogP contribution < -0.4 is 10.6 Å². The van der Waals surface area contributed by atoms with Crippen molar-refractivity contribution in [3.05, 3.63) is 68.7 Å². The van der Waals surface area contributed by atoms with Gasteiger partial charge in [0.2, 0.25) is 5.91 Å². The summed E-state index contributed by atoms with van der Waals surface area (Å²) in [5.41, 5.74) is -1.02. The number of nitrogens with one attached hydrogen (secondary N) is 2. The second-order valence-electron chi connectivity index (χ2n) is 8.35. The Kier molecular flexibility index (Phi) is 8.33. The van der Waals surface area contributed by atoms with E-state index in [-0.39, 0.29) is 38.9 Å². The van der Waals surface area contributed by atoms with Crippen LogP contribution in [-0.2, 0) is 15.2 Å². The van der Waals surface area contributed by atoms with Gasteiger partial charge in [0.05, 0.1) is 18.7 Å². The SMILES string of the molecule is Cc1ccc(C2=NO[C@@](CC(F)(F)F)(c3cc(Cl)cc(Cl)c3)C2)cc1C(=O)NCC(=O)NCC(F)(F)F. The highest BCUT2D eigenvalue weighted by atomic mass is 35.5. The molecule has 1 aliphatic rings. The van der Waals surface area contributed by atoms with E-state index in [0.29, 0.717) is 5.56 Å². The fraction of sp³-hybridized carbons (Fsp3) is 0.348. The van der Waals surface area contributed by atoms with E-state index in [1.54, 1.807) is 12.2 Å². The van der Waals surface area contributed by atoms with Gasteiger partial charge < -0.3 is 15.5 Å². The maximum absolute atomic E-state index is 13.5. The van der Waals surface area contributed by atoms with Crippen LogP contribution in [0.5, 0.6) is 0 Å². The third kappa shape index (κ3) is 7.75. The Labute approximate surface area is 216 Å². The van der Waals surface area contributed by atoms with Crippen molar-refractivity contribution in [3.8, 4) is 0 Å². The van der Waals surface area contributed by atoms with Crippen molar-refractivity contribution in [2.75, 3.05) is 13.1 Å². The number of rotatable bonds is 7. The number of alkyl halides is 6. The monoisotopic (exact) mass is 569 g/mol. The van der Waals surface area contributed by atoms with E-state index in [2.05, 4.69) is 10.5 Å². The predicted molar refractivity (Wildman–Crippen MR) is 124 cm³/mol. The van der Waals surface area contributed by atoms with Crippen LogP contribution in [0.4, 0.5) is 26.3 Å². The number of halogens is 8. The summed E-state index contributed by atoms with van der Waals surface area (Å²) in [6.45, 7) is -0.697. The molecular weight excluding hydrogens is 551 g/mol. The highest BCUT2D eigenvalue weighted by molar-refractivity contribution is 6.34. The molecule has 0 fully saturated rings. The Morgan fingerprint density at radius 1 is 1.00 bits per heavy atom. The number of carbonyl (C=O) groups excluding carboxylic acids is 2. The molecule has 2 amide bonds. The lowest BCUT2D eigenvalue weighted by Crippen LogP contribution is -2.41. The number of nitrogens with zero attached hydrogens (tertiary/aromatic N) is 1. The number of oxime groups is 1. The van der Waals surface area contributed by atoms with Crippen LogP contribution in [0.3, 0.4) is 0 Å². The molecule has 0 bridgehead atoms. The van der Waals surface area contributed by atoms with Gasteiger partial charge in [0.15, 0.2) is 5.60 Å². The molecule has 200 valence electrons. The van der Waals surface area contributed by atoms with E-state index in [9.17, 15) is 35.9 Å². The van der Waals surface area contributed by atoms with Gasteiger partial charge >= 0.3 is 12.4 Å². The van der Waals surface area contributed by atoms with Gasteiger partial charge in [-0.1, -0.05) is 40.5 Å². The van der Waals surface area contributed by atoms with Crippen LogP contribution in [0.1, 0.15) is 39.9 Å². The molecule has 1 atom stereocenters. The smallest absolute Gasteiger partial charge is 0.383 e. The van der Waals surface area contributed by atoms with Crippen LogP contribution in [0.15, 0.2) is 41.6 Å². The fourth-order valence-electron chi connectivity index (χ4n) is 3.69. The van der Waals surface area contributed by atoms with Gasteiger partial charge in [-0.25, -0.2) is 0 Å². The van der Waals surface area contributed by atoms with E-state index in [1.165, 1.54) is 36.4 Å². The Morgan fingerprint density at radius 3 is 2.24 bits per heavy atom. The Morgan fingerprint density at radius 2 is 1.65 bits per heavy atom. The molecule has 1 heterocycles. The second-order valence-corrected chi connectivity index (χ2v) is 9.23. The van der Waals surface area contributed by atoms with E-state index in [1.807, 2.05) is 0 Å². The fourth-order valence-corrected chi connectivity index (χ4v) is 4.21. The van der Waals surface area contributed by atoms with Crippen LogP contribution in [0.25, 0.3) is 0 Å². The largest absolute Gasteiger partial charge is 0.405 e.